The summed E-state index contributed by atoms with van der Waals surface area (Å²) in [7, 11) is 0. The average molecular weight is 187 g/mol. The van der Waals surface area contributed by atoms with Gasteiger partial charge in [-0.2, -0.15) is 5.26 Å². The maximum absolute atomic E-state index is 11.4. The van der Waals surface area contributed by atoms with Crippen LogP contribution in [0.4, 0.5) is 0 Å². The number of carbonyl (C=O) groups is 1. The molecule has 2 heteroatoms. The van der Waals surface area contributed by atoms with Gasteiger partial charge in [0.15, 0.2) is 5.78 Å². The third-order valence-electron chi connectivity index (χ3n) is 2.22. The number of hydrogen-bond donors (Lipinski definition) is 0. The van der Waals surface area contributed by atoms with Crippen molar-refractivity contribution in [3.05, 3.63) is 34.4 Å². The average Bonchev–Trinajstić information content (AvgIpc) is 2.15. The van der Waals surface area contributed by atoms with Crippen LogP contribution in [0.3, 0.4) is 0 Å². The third-order valence-corrected chi connectivity index (χ3v) is 2.22. The first kappa shape index (κ1) is 10.5. The number of aryl methyl sites for hydroxylation is 2. The van der Waals surface area contributed by atoms with Crippen LogP contribution >= 0.6 is 0 Å². The van der Waals surface area contributed by atoms with Gasteiger partial charge in [0.05, 0.1) is 11.6 Å². The number of Topliss-reactive ketones (excluding diaryl/α,β-unsaturated/α-hetero) is 1. The summed E-state index contributed by atoms with van der Waals surface area (Å²) in [6, 6.07) is 5.80. The highest BCUT2D eigenvalue weighted by molar-refractivity contribution is 5.98. The lowest BCUT2D eigenvalue weighted by Crippen LogP contribution is -2.03. The van der Waals surface area contributed by atoms with E-state index in [2.05, 4.69) is 6.07 Å². The fourth-order valence-corrected chi connectivity index (χ4v) is 1.64. The number of benzene rings is 1. The minimum Gasteiger partial charge on any atom is -0.294 e. The molecular weight excluding hydrogens is 174 g/mol. The Labute approximate surface area is 84.2 Å². The zero-order valence-corrected chi connectivity index (χ0v) is 8.72. The SMILES string of the molecule is CCc1cc(C)cc(C#N)c1C(C)=O. The summed E-state index contributed by atoms with van der Waals surface area (Å²) in [5.41, 5.74) is 3.08. The molecule has 0 spiro atoms. The Balaban J connectivity index is 3.50. The highest BCUT2D eigenvalue weighted by Gasteiger charge is 2.12. The first-order valence-electron chi connectivity index (χ1n) is 4.64. The Morgan fingerprint density at radius 3 is 2.57 bits per heavy atom. The van der Waals surface area contributed by atoms with E-state index in [9.17, 15) is 4.79 Å². The Morgan fingerprint density at radius 1 is 1.50 bits per heavy atom. The van der Waals surface area contributed by atoms with E-state index in [1.807, 2.05) is 19.9 Å². The second-order valence-electron chi connectivity index (χ2n) is 3.37. The van der Waals surface area contributed by atoms with E-state index in [0.29, 0.717) is 11.1 Å². The summed E-state index contributed by atoms with van der Waals surface area (Å²) in [5, 5.41) is 8.91. The summed E-state index contributed by atoms with van der Waals surface area (Å²) in [5.74, 6) is -0.0293. The molecule has 0 aliphatic carbocycles. The molecular formula is C12H13NO. The van der Waals surface area contributed by atoms with Crippen LogP contribution in [0.1, 0.15) is 40.9 Å². The Kier molecular flexibility index (Phi) is 3.03. The van der Waals surface area contributed by atoms with Crippen LogP contribution in [0.5, 0.6) is 0 Å². The molecule has 1 aromatic carbocycles. The van der Waals surface area contributed by atoms with E-state index in [-0.39, 0.29) is 5.78 Å². The van der Waals surface area contributed by atoms with Crippen molar-refractivity contribution in [3.8, 4) is 6.07 Å². The van der Waals surface area contributed by atoms with Crippen molar-refractivity contribution in [3.63, 3.8) is 0 Å². The molecule has 0 bridgehead atoms. The predicted molar refractivity (Wildman–Crippen MR) is 55.3 cm³/mol. The number of carbonyl (C=O) groups excluding carboxylic acids is 1. The molecule has 0 N–H and O–H groups in total. The van der Waals surface area contributed by atoms with Gasteiger partial charge >= 0.3 is 0 Å². The first-order valence-corrected chi connectivity index (χ1v) is 4.64. The Morgan fingerprint density at radius 2 is 2.14 bits per heavy atom. The molecule has 0 radical (unpaired) electrons. The topological polar surface area (TPSA) is 40.9 Å². The van der Waals surface area contributed by atoms with E-state index < -0.39 is 0 Å². The smallest absolute Gasteiger partial charge is 0.161 e. The minimum atomic E-state index is -0.0293. The summed E-state index contributed by atoms with van der Waals surface area (Å²) in [6.45, 7) is 5.43. The Bertz CT molecular complexity index is 413. The van der Waals surface area contributed by atoms with Gasteiger partial charge in [-0.25, -0.2) is 0 Å². The van der Waals surface area contributed by atoms with Crippen LogP contribution in [0.25, 0.3) is 0 Å². The van der Waals surface area contributed by atoms with Gasteiger partial charge in [0.2, 0.25) is 0 Å². The van der Waals surface area contributed by atoms with Crippen LogP contribution < -0.4 is 0 Å². The largest absolute Gasteiger partial charge is 0.294 e. The van der Waals surface area contributed by atoms with E-state index in [4.69, 9.17) is 5.26 Å². The normalized spacial score (nSPS) is 9.57. The maximum atomic E-state index is 11.4. The fraction of sp³-hybridized carbons (Fsp3) is 0.333. The van der Waals surface area contributed by atoms with Crippen molar-refractivity contribution in [2.75, 3.05) is 0 Å². The molecule has 1 rings (SSSR count). The van der Waals surface area contributed by atoms with Crippen molar-refractivity contribution in [1.82, 2.24) is 0 Å². The number of nitriles is 1. The molecule has 0 saturated heterocycles. The van der Waals surface area contributed by atoms with Crippen LogP contribution in [-0.2, 0) is 6.42 Å². The molecule has 2 nitrogen and oxygen atoms in total. The van der Waals surface area contributed by atoms with Crippen LogP contribution in [0, 0.1) is 18.3 Å². The number of ketones is 1. The molecule has 0 atom stereocenters. The number of nitrogens with zero attached hydrogens (tertiary/aromatic N) is 1. The van der Waals surface area contributed by atoms with Gasteiger partial charge in [-0.05, 0) is 37.5 Å². The minimum absolute atomic E-state index is 0.0293. The van der Waals surface area contributed by atoms with Crippen LogP contribution in [0.2, 0.25) is 0 Å². The molecule has 0 fully saturated rings. The van der Waals surface area contributed by atoms with Crippen LogP contribution in [0.15, 0.2) is 12.1 Å². The van der Waals surface area contributed by atoms with Crippen LogP contribution in [-0.4, -0.2) is 5.78 Å². The summed E-state index contributed by atoms with van der Waals surface area (Å²) >= 11 is 0. The molecule has 72 valence electrons. The quantitative estimate of drug-likeness (QED) is 0.668. The summed E-state index contributed by atoms with van der Waals surface area (Å²) in [6.07, 6.45) is 0.783. The fourth-order valence-electron chi connectivity index (χ4n) is 1.64. The highest BCUT2D eigenvalue weighted by atomic mass is 16.1. The molecule has 0 heterocycles. The third kappa shape index (κ3) is 1.82. The second-order valence-corrected chi connectivity index (χ2v) is 3.37. The van der Waals surface area contributed by atoms with Crippen molar-refractivity contribution in [2.24, 2.45) is 0 Å². The van der Waals surface area contributed by atoms with E-state index in [1.165, 1.54) is 6.92 Å². The van der Waals surface area contributed by atoms with Gasteiger partial charge in [0.25, 0.3) is 0 Å². The lowest BCUT2D eigenvalue weighted by molar-refractivity contribution is 0.101. The molecule has 0 amide bonds. The van der Waals surface area contributed by atoms with E-state index in [1.54, 1.807) is 6.07 Å². The summed E-state index contributed by atoms with van der Waals surface area (Å²) < 4.78 is 0. The number of rotatable bonds is 2. The van der Waals surface area contributed by atoms with E-state index >= 15 is 0 Å². The van der Waals surface area contributed by atoms with Crippen molar-refractivity contribution in [1.29, 1.82) is 5.26 Å². The van der Waals surface area contributed by atoms with Gasteiger partial charge < -0.3 is 0 Å². The van der Waals surface area contributed by atoms with Gasteiger partial charge in [0, 0.05) is 5.56 Å². The number of hydrogen-bond acceptors (Lipinski definition) is 2. The van der Waals surface area contributed by atoms with Gasteiger partial charge in [-0.3, -0.25) is 4.79 Å². The molecule has 0 aliphatic rings. The lowest BCUT2D eigenvalue weighted by Gasteiger charge is -2.07. The standard InChI is InChI=1S/C12H13NO/c1-4-10-5-8(2)6-11(7-13)12(10)9(3)14/h5-6H,4H2,1-3H3. The molecule has 1 aromatic rings. The molecule has 0 aromatic heterocycles. The van der Waals surface area contributed by atoms with Gasteiger partial charge in [-0.1, -0.05) is 13.0 Å². The predicted octanol–water partition coefficient (Wildman–Crippen LogP) is 2.63. The summed E-state index contributed by atoms with van der Waals surface area (Å²) in [4.78, 5) is 11.4. The van der Waals surface area contributed by atoms with Crippen molar-refractivity contribution in [2.45, 2.75) is 27.2 Å². The molecule has 14 heavy (non-hydrogen) atoms. The van der Waals surface area contributed by atoms with Crippen molar-refractivity contribution < 1.29 is 4.79 Å². The van der Waals surface area contributed by atoms with Gasteiger partial charge in [0.1, 0.15) is 0 Å². The monoisotopic (exact) mass is 187 g/mol. The Hall–Kier alpha value is -1.62. The second kappa shape index (κ2) is 4.06. The highest BCUT2D eigenvalue weighted by Crippen LogP contribution is 2.18. The van der Waals surface area contributed by atoms with E-state index in [0.717, 1.165) is 17.5 Å². The van der Waals surface area contributed by atoms with Gasteiger partial charge in [-0.15, -0.1) is 0 Å². The molecule has 0 aliphatic heterocycles. The molecule has 0 unspecified atom stereocenters. The lowest BCUT2D eigenvalue weighted by atomic mass is 9.95. The maximum Gasteiger partial charge on any atom is 0.161 e. The molecule has 0 saturated carbocycles. The first-order chi connectivity index (χ1) is 6.60. The zero-order valence-electron chi connectivity index (χ0n) is 8.72. The zero-order chi connectivity index (χ0) is 10.7. The van der Waals surface area contributed by atoms with Crippen molar-refractivity contribution >= 4 is 5.78 Å².